The van der Waals surface area contributed by atoms with Gasteiger partial charge in [0.2, 0.25) is 0 Å². The second-order valence-electron chi connectivity index (χ2n) is 3.00. The summed E-state index contributed by atoms with van der Waals surface area (Å²) < 4.78 is 0.708. The van der Waals surface area contributed by atoms with Gasteiger partial charge in [-0.1, -0.05) is 0 Å². The lowest BCUT2D eigenvalue weighted by Crippen LogP contribution is -2.24. The molecule has 5 heteroatoms. The fourth-order valence-electron chi connectivity index (χ4n) is 1.04. The molecule has 0 heterocycles. The number of carbonyl (C=O) groups is 1. The molecular formula is C10H12INO3. The Hall–Kier alpha value is -0.820. The SMILES string of the molecule is O=C(NCCCO)c1ccc(I)c(O)c1. The van der Waals surface area contributed by atoms with Crippen LogP contribution in [0.4, 0.5) is 0 Å². The zero-order valence-electron chi connectivity index (χ0n) is 8.03. The molecule has 3 N–H and O–H groups in total. The first kappa shape index (κ1) is 12.3. The number of hydrogen-bond acceptors (Lipinski definition) is 3. The number of rotatable bonds is 4. The number of aliphatic hydroxyl groups is 1. The van der Waals surface area contributed by atoms with Gasteiger partial charge in [-0.15, -0.1) is 0 Å². The van der Waals surface area contributed by atoms with Crippen LogP contribution in [0.15, 0.2) is 18.2 Å². The second-order valence-corrected chi connectivity index (χ2v) is 4.16. The summed E-state index contributed by atoms with van der Waals surface area (Å²) in [6.07, 6.45) is 0.530. The Morgan fingerprint density at radius 1 is 1.47 bits per heavy atom. The molecule has 82 valence electrons. The Labute approximate surface area is 101 Å². The van der Waals surface area contributed by atoms with Crippen molar-refractivity contribution in [3.63, 3.8) is 0 Å². The highest BCUT2D eigenvalue weighted by Crippen LogP contribution is 2.20. The van der Waals surface area contributed by atoms with Gasteiger partial charge in [0.25, 0.3) is 5.91 Å². The van der Waals surface area contributed by atoms with Crippen LogP contribution >= 0.6 is 22.6 Å². The molecule has 0 radical (unpaired) electrons. The summed E-state index contributed by atoms with van der Waals surface area (Å²) in [5, 5.41) is 20.6. The number of nitrogens with one attached hydrogen (secondary N) is 1. The summed E-state index contributed by atoms with van der Waals surface area (Å²) in [6.45, 7) is 0.486. The maximum atomic E-state index is 11.5. The highest BCUT2D eigenvalue weighted by Gasteiger charge is 2.06. The third-order valence-electron chi connectivity index (χ3n) is 1.83. The van der Waals surface area contributed by atoms with Crippen molar-refractivity contribution in [3.8, 4) is 5.75 Å². The van der Waals surface area contributed by atoms with E-state index in [1.807, 2.05) is 22.6 Å². The van der Waals surface area contributed by atoms with Gasteiger partial charge in [0.15, 0.2) is 0 Å². The predicted octanol–water partition coefficient (Wildman–Crippen LogP) is 1.11. The van der Waals surface area contributed by atoms with Crippen molar-refractivity contribution in [1.29, 1.82) is 0 Å². The lowest BCUT2D eigenvalue weighted by atomic mass is 10.2. The minimum atomic E-state index is -0.241. The zero-order valence-corrected chi connectivity index (χ0v) is 10.2. The minimum Gasteiger partial charge on any atom is -0.507 e. The van der Waals surface area contributed by atoms with Crippen LogP contribution in [0.2, 0.25) is 0 Å². The van der Waals surface area contributed by atoms with Crippen LogP contribution in [0, 0.1) is 3.57 Å². The van der Waals surface area contributed by atoms with Crippen LogP contribution in [0.3, 0.4) is 0 Å². The second kappa shape index (κ2) is 5.92. The number of hydrogen-bond donors (Lipinski definition) is 3. The van der Waals surface area contributed by atoms with E-state index in [0.717, 1.165) is 0 Å². The van der Waals surface area contributed by atoms with Crippen molar-refractivity contribution in [2.75, 3.05) is 13.2 Å². The molecule has 0 fully saturated rings. The fourth-order valence-corrected chi connectivity index (χ4v) is 1.37. The third kappa shape index (κ3) is 3.67. The molecule has 0 saturated heterocycles. The Bertz CT molecular complexity index is 355. The van der Waals surface area contributed by atoms with E-state index in [1.54, 1.807) is 12.1 Å². The Balaban J connectivity index is 2.62. The number of halogens is 1. The summed E-state index contributed by atoms with van der Waals surface area (Å²) in [6, 6.07) is 4.75. The summed E-state index contributed by atoms with van der Waals surface area (Å²) in [7, 11) is 0. The molecule has 0 aliphatic carbocycles. The van der Waals surface area contributed by atoms with Gasteiger partial charge in [-0.2, -0.15) is 0 Å². The quantitative estimate of drug-likeness (QED) is 0.575. The third-order valence-corrected chi connectivity index (χ3v) is 2.74. The van der Waals surface area contributed by atoms with Crippen molar-refractivity contribution in [2.24, 2.45) is 0 Å². The van der Waals surface area contributed by atoms with Gasteiger partial charge in [-0.25, -0.2) is 0 Å². The van der Waals surface area contributed by atoms with E-state index in [-0.39, 0.29) is 18.3 Å². The molecule has 0 aliphatic heterocycles. The first-order chi connectivity index (χ1) is 7.15. The average molecular weight is 321 g/mol. The highest BCUT2D eigenvalue weighted by molar-refractivity contribution is 14.1. The van der Waals surface area contributed by atoms with Crippen molar-refractivity contribution in [2.45, 2.75) is 6.42 Å². The van der Waals surface area contributed by atoms with E-state index in [1.165, 1.54) is 6.07 Å². The van der Waals surface area contributed by atoms with E-state index in [0.29, 0.717) is 22.1 Å². The number of phenols is 1. The van der Waals surface area contributed by atoms with Gasteiger partial charge in [-0.05, 0) is 47.2 Å². The Kier molecular flexibility index (Phi) is 4.83. The van der Waals surface area contributed by atoms with Crippen LogP contribution in [-0.4, -0.2) is 29.3 Å². The van der Waals surface area contributed by atoms with Gasteiger partial charge < -0.3 is 15.5 Å². The Morgan fingerprint density at radius 3 is 2.80 bits per heavy atom. The largest absolute Gasteiger partial charge is 0.507 e. The van der Waals surface area contributed by atoms with E-state index in [4.69, 9.17) is 5.11 Å². The lowest BCUT2D eigenvalue weighted by molar-refractivity contribution is 0.0950. The van der Waals surface area contributed by atoms with Crippen LogP contribution in [0.5, 0.6) is 5.75 Å². The molecule has 1 amide bonds. The van der Waals surface area contributed by atoms with Gasteiger partial charge >= 0.3 is 0 Å². The van der Waals surface area contributed by atoms with E-state index in [9.17, 15) is 9.90 Å². The molecule has 1 aromatic rings. The molecule has 0 aliphatic rings. The topological polar surface area (TPSA) is 69.6 Å². The normalized spacial score (nSPS) is 10.0. The van der Waals surface area contributed by atoms with E-state index >= 15 is 0 Å². The molecule has 0 bridgehead atoms. The van der Waals surface area contributed by atoms with E-state index < -0.39 is 0 Å². The molecule has 1 aromatic carbocycles. The molecule has 0 spiro atoms. The van der Waals surface area contributed by atoms with Crippen molar-refractivity contribution in [3.05, 3.63) is 27.3 Å². The molecular weight excluding hydrogens is 309 g/mol. The molecule has 0 atom stereocenters. The smallest absolute Gasteiger partial charge is 0.251 e. The molecule has 4 nitrogen and oxygen atoms in total. The number of phenolic OH excluding ortho intramolecular Hbond substituents is 1. The maximum Gasteiger partial charge on any atom is 0.251 e. The molecule has 1 rings (SSSR count). The van der Waals surface area contributed by atoms with Crippen LogP contribution in [-0.2, 0) is 0 Å². The lowest BCUT2D eigenvalue weighted by Gasteiger charge is -2.05. The van der Waals surface area contributed by atoms with Gasteiger partial charge in [-0.3, -0.25) is 4.79 Å². The molecule has 0 saturated carbocycles. The summed E-state index contributed by atoms with van der Waals surface area (Å²) in [4.78, 5) is 11.5. The summed E-state index contributed by atoms with van der Waals surface area (Å²) in [5.74, 6) is -0.138. The van der Waals surface area contributed by atoms with Crippen LogP contribution in [0.1, 0.15) is 16.8 Å². The van der Waals surface area contributed by atoms with E-state index in [2.05, 4.69) is 5.32 Å². The van der Waals surface area contributed by atoms with Crippen LogP contribution in [0.25, 0.3) is 0 Å². The van der Waals surface area contributed by atoms with Crippen molar-refractivity contribution in [1.82, 2.24) is 5.32 Å². The maximum absolute atomic E-state index is 11.5. The molecule has 15 heavy (non-hydrogen) atoms. The number of benzene rings is 1. The predicted molar refractivity (Wildman–Crippen MR) is 64.9 cm³/mol. The van der Waals surface area contributed by atoms with Crippen molar-refractivity contribution >= 4 is 28.5 Å². The van der Waals surface area contributed by atoms with Crippen molar-refractivity contribution < 1.29 is 15.0 Å². The molecule has 0 aromatic heterocycles. The first-order valence-corrected chi connectivity index (χ1v) is 5.60. The average Bonchev–Trinajstić information content (AvgIpc) is 2.22. The highest BCUT2D eigenvalue weighted by atomic mass is 127. The number of carbonyl (C=O) groups excluding carboxylic acids is 1. The fraction of sp³-hybridized carbons (Fsp3) is 0.300. The first-order valence-electron chi connectivity index (χ1n) is 4.52. The number of aliphatic hydroxyl groups excluding tert-OH is 1. The van der Waals surface area contributed by atoms with Gasteiger partial charge in [0.1, 0.15) is 5.75 Å². The van der Waals surface area contributed by atoms with Gasteiger partial charge in [0.05, 0.1) is 3.57 Å². The standard InChI is InChI=1S/C10H12INO3/c11-8-3-2-7(6-9(8)14)10(15)12-4-1-5-13/h2-3,6,13-14H,1,4-5H2,(H,12,15). The summed E-state index contributed by atoms with van der Waals surface area (Å²) >= 11 is 1.98. The monoisotopic (exact) mass is 321 g/mol. The Morgan fingerprint density at radius 2 is 2.20 bits per heavy atom. The molecule has 0 unspecified atom stereocenters. The summed E-state index contributed by atoms with van der Waals surface area (Å²) in [5.41, 5.74) is 0.422. The number of aromatic hydroxyl groups is 1. The zero-order chi connectivity index (χ0) is 11.3. The minimum absolute atomic E-state index is 0.0538. The van der Waals surface area contributed by atoms with Crippen LogP contribution < -0.4 is 5.32 Å². The van der Waals surface area contributed by atoms with Gasteiger partial charge in [0, 0.05) is 18.7 Å². The number of amides is 1.